The van der Waals surface area contributed by atoms with Crippen LogP contribution in [0.25, 0.3) is 0 Å². The minimum absolute atomic E-state index is 0.0942. The van der Waals surface area contributed by atoms with Gasteiger partial charge in [-0.15, -0.1) is 0 Å². The van der Waals surface area contributed by atoms with Gasteiger partial charge in [-0.25, -0.2) is 0 Å². The zero-order valence-electron chi connectivity index (χ0n) is 10.3. The molecule has 0 bridgehead atoms. The third kappa shape index (κ3) is 2.94. The molecule has 2 unspecified atom stereocenters. The lowest BCUT2D eigenvalue weighted by molar-refractivity contribution is 0.361. The minimum Gasteiger partial charge on any atom is -0.359 e. The van der Waals surface area contributed by atoms with Crippen LogP contribution in [0.5, 0.6) is 0 Å². The molecule has 0 aliphatic carbocycles. The molecule has 90 valence electrons. The molecule has 0 aliphatic rings. The highest BCUT2D eigenvalue weighted by atomic mass is 16.5. The third-order valence-corrected chi connectivity index (χ3v) is 2.91. The molecule has 2 atom stereocenters. The number of nitrogens with two attached hydrogens (primary N) is 1. The van der Waals surface area contributed by atoms with Gasteiger partial charge in [-0.2, -0.15) is 0 Å². The molecule has 2 rings (SSSR count). The molecule has 17 heavy (non-hydrogen) atoms. The Kier molecular flexibility index (Phi) is 3.59. The standard InChI is InChI=1S/C14H18N2O/c1-10(12-6-4-3-5-7-12)8-13-9-14(11(2)15)17-16-13/h3-7,9-11H,8,15H2,1-2H3. The Balaban J connectivity index is 2.05. The summed E-state index contributed by atoms with van der Waals surface area (Å²) < 4.78 is 5.19. The van der Waals surface area contributed by atoms with E-state index in [9.17, 15) is 0 Å². The van der Waals surface area contributed by atoms with Gasteiger partial charge < -0.3 is 10.3 Å². The largest absolute Gasteiger partial charge is 0.359 e. The van der Waals surface area contributed by atoms with Crippen molar-refractivity contribution in [2.24, 2.45) is 5.73 Å². The van der Waals surface area contributed by atoms with Gasteiger partial charge in [0.25, 0.3) is 0 Å². The zero-order valence-corrected chi connectivity index (χ0v) is 10.3. The Hall–Kier alpha value is -1.61. The molecule has 0 radical (unpaired) electrons. The van der Waals surface area contributed by atoms with Crippen LogP contribution in [0.1, 0.15) is 42.8 Å². The Morgan fingerprint density at radius 2 is 1.94 bits per heavy atom. The quantitative estimate of drug-likeness (QED) is 0.878. The van der Waals surface area contributed by atoms with E-state index in [1.165, 1.54) is 5.56 Å². The molecule has 0 spiro atoms. The second-order valence-corrected chi connectivity index (χ2v) is 4.53. The highest BCUT2D eigenvalue weighted by Crippen LogP contribution is 2.21. The topological polar surface area (TPSA) is 52.0 Å². The van der Waals surface area contributed by atoms with Crippen LogP contribution in [0.15, 0.2) is 40.9 Å². The number of rotatable bonds is 4. The zero-order chi connectivity index (χ0) is 12.3. The van der Waals surface area contributed by atoms with Crippen molar-refractivity contribution in [3.63, 3.8) is 0 Å². The first-order valence-electron chi connectivity index (χ1n) is 5.93. The van der Waals surface area contributed by atoms with Crippen molar-refractivity contribution in [1.29, 1.82) is 0 Å². The smallest absolute Gasteiger partial charge is 0.153 e. The van der Waals surface area contributed by atoms with E-state index in [1.54, 1.807) is 0 Å². The fourth-order valence-electron chi connectivity index (χ4n) is 1.85. The summed E-state index contributed by atoms with van der Waals surface area (Å²) in [6, 6.07) is 12.3. The lowest BCUT2D eigenvalue weighted by Gasteiger charge is -2.08. The first kappa shape index (κ1) is 11.9. The van der Waals surface area contributed by atoms with Crippen molar-refractivity contribution >= 4 is 0 Å². The van der Waals surface area contributed by atoms with Crippen molar-refractivity contribution in [2.45, 2.75) is 32.2 Å². The molecular weight excluding hydrogens is 212 g/mol. The maximum atomic E-state index is 5.74. The summed E-state index contributed by atoms with van der Waals surface area (Å²) in [5.74, 6) is 1.18. The average Bonchev–Trinajstić information content (AvgIpc) is 2.79. The van der Waals surface area contributed by atoms with Crippen LogP contribution in [0.2, 0.25) is 0 Å². The maximum absolute atomic E-state index is 5.74. The van der Waals surface area contributed by atoms with Crippen molar-refractivity contribution in [3.05, 3.63) is 53.4 Å². The molecular formula is C14H18N2O. The fraction of sp³-hybridized carbons (Fsp3) is 0.357. The number of hydrogen-bond acceptors (Lipinski definition) is 3. The Labute approximate surface area is 102 Å². The average molecular weight is 230 g/mol. The van der Waals surface area contributed by atoms with Gasteiger partial charge in [0.2, 0.25) is 0 Å². The number of benzene rings is 1. The summed E-state index contributed by atoms with van der Waals surface area (Å²) in [6.07, 6.45) is 0.875. The molecule has 3 heteroatoms. The second kappa shape index (κ2) is 5.15. The molecule has 0 fully saturated rings. The summed E-state index contributed by atoms with van der Waals surface area (Å²) in [7, 11) is 0. The van der Waals surface area contributed by atoms with Gasteiger partial charge >= 0.3 is 0 Å². The first-order valence-corrected chi connectivity index (χ1v) is 5.93. The molecule has 0 amide bonds. The molecule has 0 saturated carbocycles. The molecule has 1 heterocycles. The first-order chi connectivity index (χ1) is 8.16. The van der Waals surface area contributed by atoms with Gasteiger partial charge in [0.05, 0.1) is 11.7 Å². The summed E-state index contributed by atoms with van der Waals surface area (Å²) in [4.78, 5) is 0. The lowest BCUT2D eigenvalue weighted by atomic mass is 9.96. The van der Waals surface area contributed by atoms with E-state index >= 15 is 0 Å². The predicted octanol–water partition coefficient (Wildman–Crippen LogP) is 3.04. The molecule has 1 aromatic heterocycles. The fourth-order valence-corrected chi connectivity index (χ4v) is 1.85. The van der Waals surface area contributed by atoms with Gasteiger partial charge in [0, 0.05) is 6.07 Å². The van der Waals surface area contributed by atoms with Crippen molar-refractivity contribution in [1.82, 2.24) is 5.16 Å². The third-order valence-electron chi connectivity index (χ3n) is 2.91. The number of hydrogen-bond donors (Lipinski definition) is 1. The molecule has 3 nitrogen and oxygen atoms in total. The van der Waals surface area contributed by atoms with E-state index in [4.69, 9.17) is 10.3 Å². The van der Waals surface area contributed by atoms with Crippen molar-refractivity contribution < 1.29 is 4.52 Å². The molecule has 1 aromatic carbocycles. The summed E-state index contributed by atoms with van der Waals surface area (Å²) in [5, 5.41) is 4.05. The lowest BCUT2D eigenvalue weighted by Crippen LogP contribution is -2.03. The van der Waals surface area contributed by atoms with Crippen LogP contribution in [0, 0.1) is 0 Å². The van der Waals surface area contributed by atoms with Crippen molar-refractivity contribution in [2.75, 3.05) is 0 Å². The molecule has 2 N–H and O–H groups in total. The van der Waals surface area contributed by atoms with Gasteiger partial charge in [-0.05, 0) is 24.8 Å². The molecule has 0 aliphatic heterocycles. The van der Waals surface area contributed by atoms with Crippen molar-refractivity contribution in [3.8, 4) is 0 Å². The Morgan fingerprint density at radius 3 is 2.53 bits per heavy atom. The SMILES string of the molecule is CC(N)c1cc(CC(C)c2ccccc2)no1. The van der Waals surface area contributed by atoms with Gasteiger partial charge in [-0.3, -0.25) is 0 Å². The number of aromatic nitrogens is 1. The van der Waals surface area contributed by atoms with Crippen LogP contribution >= 0.6 is 0 Å². The van der Waals surface area contributed by atoms with E-state index in [0.717, 1.165) is 17.9 Å². The molecule has 0 saturated heterocycles. The van der Waals surface area contributed by atoms with Crippen LogP contribution in [0.3, 0.4) is 0 Å². The minimum atomic E-state index is -0.0942. The van der Waals surface area contributed by atoms with E-state index in [2.05, 4.69) is 36.3 Å². The second-order valence-electron chi connectivity index (χ2n) is 4.53. The van der Waals surface area contributed by atoms with E-state index < -0.39 is 0 Å². The molecule has 2 aromatic rings. The van der Waals surface area contributed by atoms with Crippen LogP contribution < -0.4 is 5.73 Å². The van der Waals surface area contributed by atoms with E-state index in [1.807, 2.05) is 19.1 Å². The van der Waals surface area contributed by atoms with Gasteiger partial charge in [0.1, 0.15) is 0 Å². The van der Waals surface area contributed by atoms with Crippen LogP contribution in [-0.2, 0) is 6.42 Å². The van der Waals surface area contributed by atoms with Gasteiger partial charge in [-0.1, -0.05) is 42.4 Å². The summed E-state index contributed by atoms with van der Waals surface area (Å²) >= 11 is 0. The van der Waals surface area contributed by atoms with E-state index in [0.29, 0.717) is 5.92 Å². The highest BCUT2D eigenvalue weighted by Gasteiger charge is 2.12. The monoisotopic (exact) mass is 230 g/mol. The predicted molar refractivity (Wildman–Crippen MR) is 67.7 cm³/mol. The maximum Gasteiger partial charge on any atom is 0.153 e. The highest BCUT2D eigenvalue weighted by molar-refractivity contribution is 5.21. The van der Waals surface area contributed by atoms with E-state index in [-0.39, 0.29) is 6.04 Å². The summed E-state index contributed by atoms with van der Waals surface area (Å²) in [5.41, 5.74) is 8.02. The Bertz CT molecular complexity index is 462. The summed E-state index contributed by atoms with van der Waals surface area (Å²) in [6.45, 7) is 4.08. The van der Waals surface area contributed by atoms with Gasteiger partial charge in [0.15, 0.2) is 5.76 Å². The number of nitrogens with zero attached hydrogens (tertiary/aromatic N) is 1. The van der Waals surface area contributed by atoms with Crippen LogP contribution in [-0.4, -0.2) is 5.16 Å². The Morgan fingerprint density at radius 1 is 1.24 bits per heavy atom. The van der Waals surface area contributed by atoms with Crippen LogP contribution in [0.4, 0.5) is 0 Å². The normalized spacial score (nSPS) is 14.5.